The molecule has 0 aliphatic rings. The van der Waals surface area contributed by atoms with E-state index in [1.54, 1.807) is 7.05 Å². The molecule has 0 fully saturated rings. The van der Waals surface area contributed by atoms with Crippen molar-refractivity contribution in [1.82, 2.24) is 5.32 Å². The maximum absolute atomic E-state index is 10.9. The number of aliphatic hydroxyl groups is 1. The Kier molecular flexibility index (Phi) is 5.80. The molecule has 0 saturated carbocycles. The van der Waals surface area contributed by atoms with Crippen molar-refractivity contribution in [3.8, 4) is 5.75 Å². The SMILES string of the molecule is CNCC(O)COc1c(Br)cc(Cl)cc1[N+](=O)[O-]. The minimum absolute atomic E-state index is 0.0537. The van der Waals surface area contributed by atoms with Gasteiger partial charge >= 0.3 is 5.69 Å². The second-order valence-corrected chi connectivity index (χ2v) is 4.81. The molecule has 1 aromatic rings. The van der Waals surface area contributed by atoms with Gasteiger partial charge in [0.15, 0.2) is 0 Å². The molecule has 1 rings (SSSR count). The van der Waals surface area contributed by atoms with Crippen molar-refractivity contribution >= 4 is 33.2 Å². The number of halogens is 2. The van der Waals surface area contributed by atoms with Gasteiger partial charge in [0.1, 0.15) is 12.7 Å². The Balaban J connectivity index is 2.90. The lowest BCUT2D eigenvalue weighted by Crippen LogP contribution is -2.29. The van der Waals surface area contributed by atoms with Gasteiger partial charge in [-0.05, 0) is 29.0 Å². The highest BCUT2D eigenvalue weighted by molar-refractivity contribution is 9.10. The van der Waals surface area contributed by atoms with Gasteiger partial charge in [-0.2, -0.15) is 0 Å². The quantitative estimate of drug-likeness (QED) is 0.611. The third-order valence-corrected chi connectivity index (χ3v) is 2.85. The highest BCUT2D eigenvalue weighted by Gasteiger charge is 2.20. The van der Waals surface area contributed by atoms with Crippen molar-refractivity contribution in [1.29, 1.82) is 0 Å². The summed E-state index contributed by atoms with van der Waals surface area (Å²) in [4.78, 5) is 10.3. The van der Waals surface area contributed by atoms with Crippen LogP contribution in [0.3, 0.4) is 0 Å². The molecule has 2 N–H and O–H groups in total. The van der Waals surface area contributed by atoms with Crippen LogP contribution in [0.4, 0.5) is 5.69 Å². The van der Waals surface area contributed by atoms with Gasteiger partial charge in [0, 0.05) is 17.6 Å². The summed E-state index contributed by atoms with van der Waals surface area (Å²) in [5.41, 5.74) is -0.244. The van der Waals surface area contributed by atoms with Crippen molar-refractivity contribution in [2.24, 2.45) is 0 Å². The number of rotatable bonds is 6. The van der Waals surface area contributed by atoms with Gasteiger partial charge in [-0.25, -0.2) is 0 Å². The van der Waals surface area contributed by atoms with Crippen LogP contribution < -0.4 is 10.1 Å². The summed E-state index contributed by atoms with van der Waals surface area (Å²) >= 11 is 8.87. The van der Waals surface area contributed by atoms with Crippen molar-refractivity contribution in [3.05, 3.63) is 31.7 Å². The number of ether oxygens (including phenoxy) is 1. The Morgan fingerprint density at radius 2 is 2.33 bits per heavy atom. The van der Waals surface area contributed by atoms with E-state index in [0.717, 1.165) is 0 Å². The summed E-state index contributed by atoms with van der Waals surface area (Å²) in [5.74, 6) is 0.0551. The van der Waals surface area contributed by atoms with Crippen LogP contribution in [-0.2, 0) is 0 Å². The fraction of sp³-hybridized carbons (Fsp3) is 0.400. The predicted molar refractivity (Wildman–Crippen MR) is 71.2 cm³/mol. The zero-order valence-electron chi connectivity index (χ0n) is 9.52. The number of nitro groups is 1. The van der Waals surface area contributed by atoms with Crippen LogP contribution in [-0.4, -0.2) is 36.3 Å². The molecule has 0 heterocycles. The molecular formula is C10H12BrClN2O4. The lowest BCUT2D eigenvalue weighted by Gasteiger charge is -2.13. The van der Waals surface area contributed by atoms with E-state index in [0.29, 0.717) is 11.0 Å². The third-order valence-electron chi connectivity index (χ3n) is 2.05. The van der Waals surface area contributed by atoms with Gasteiger partial charge in [-0.3, -0.25) is 10.1 Å². The van der Waals surface area contributed by atoms with Crippen LogP contribution >= 0.6 is 27.5 Å². The largest absolute Gasteiger partial charge is 0.483 e. The van der Waals surface area contributed by atoms with Crippen LogP contribution in [0.25, 0.3) is 0 Å². The Morgan fingerprint density at radius 3 is 2.89 bits per heavy atom. The zero-order valence-corrected chi connectivity index (χ0v) is 11.9. The standard InChI is InChI=1S/C10H12BrClN2O4/c1-13-4-7(15)5-18-10-8(11)2-6(12)3-9(10)14(16)17/h2-3,7,13,15H,4-5H2,1H3. The third kappa shape index (κ3) is 4.09. The second kappa shape index (κ2) is 6.89. The number of nitrogens with one attached hydrogen (secondary N) is 1. The molecule has 0 bridgehead atoms. The fourth-order valence-corrected chi connectivity index (χ4v) is 2.21. The molecule has 1 atom stereocenters. The Bertz CT molecular complexity index is 444. The molecule has 0 aliphatic carbocycles. The van der Waals surface area contributed by atoms with Crippen LogP contribution in [0.2, 0.25) is 5.02 Å². The molecule has 0 aliphatic heterocycles. The summed E-state index contributed by atoms with van der Waals surface area (Å²) in [7, 11) is 1.68. The van der Waals surface area contributed by atoms with Crippen molar-refractivity contribution in [2.75, 3.05) is 20.2 Å². The average Bonchev–Trinajstić information content (AvgIpc) is 2.27. The van der Waals surface area contributed by atoms with Crippen LogP contribution in [0.1, 0.15) is 0 Å². The van der Waals surface area contributed by atoms with Gasteiger partial charge in [-0.1, -0.05) is 11.6 Å². The molecule has 1 unspecified atom stereocenters. The van der Waals surface area contributed by atoms with E-state index in [-0.39, 0.29) is 23.1 Å². The van der Waals surface area contributed by atoms with Gasteiger partial charge in [0.25, 0.3) is 0 Å². The number of hydrogen-bond acceptors (Lipinski definition) is 5. The molecule has 18 heavy (non-hydrogen) atoms. The first-order valence-electron chi connectivity index (χ1n) is 5.04. The van der Waals surface area contributed by atoms with E-state index in [9.17, 15) is 15.2 Å². The van der Waals surface area contributed by atoms with Crippen molar-refractivity contribution < 1.29 is 14.8 Å². The normalized spacial score (nSPS) is 12.2. The molecule has 0 saturated heterocycles. The van der Waals surface area contributed by atoms with Crippen LogP contribution in [0.5, 0.6) is 5.75 Å². The molecule has 100 valence electrons. The van der Waals surface area contributed by atoms with E-state index >= 15 is 0 Å². The highest BCUT2D eigenvalue weighted by Crippen LogP contribution is 2.37. The smallest absolute Gasteiger partial charge is 0.313 e. The highest BCUT2D eigenvalue weighted by atomic mass is 79.9. The molecule has 0 amide bonds. The monoisotopic (exact) mass is 338 g/mol. The summed E-state index contributed by atoms with van der Waals surface area (Å²) in [6, 6.07) is 2.69. The first kappa shape index (κ1) is 15.2. The Labute approximate surface area is 117 Å². The molecule has 0 aromatic heterocycles. The van der Waals surface area contributed by atoms with E-state index in [4.69, 9.17) is 16.3 Å². The van der Waals surface area contributed by atoms with Crippen LogP contribution in [0.15, 0.2) is 16.6 Å². The molecular weight excluding hydrogens is 327 g/mol. The lowest BCUT2D eigenvalue weighted by molar-refractivity contribution is -0.386. The first-order chi connectivity index (χ1) is 8.45. The number of hydrogen-bond donors (Lipinski definition) is 2. The summed E-state index contributed by atoms with van der Waals surface area (Å²) < 4.78 is 5.63. The molecule has 6 nitrogen and oxygen atoms in total. The number of aliphatic hydroxyl groups excluding tert-OH is 1. The number of benzene rings is 1. The number of nitrogens with zero attached hydrogens (tertiary/aromatic N) is 1. The van der Waals surface area contributed by atoms with Crippen molar-refractivity contribution in [2.45, 2.75) is 6.10 Å². The topological polar surface area (TPSA) is 84.6 Å². The maximum atomic E-state index is 10.9. The fourth-order valence-electron chi connectivity index (χ4n) is 1.30. The number of nitro benzene ring substituents is 1. The minimum atomic E-state index is -0.753. The Morgan fingerprint density at radius 1 is 1.67 bits per heavy atom. The van der Waals surface area contributed by atoms with E-state index in [2.05, 4.69) is 21.2 Å². The Hall–Kier alpha value is -0.890. The maximum Gasteiger partial charge on any atom is 0.313 e. The summed E-state index contributed by atoms with van der Waals surface area (Å²) in [6.45, 7) is 0.279. The summed E-state index contributed by atoms with van der Waals surface area (Å²) in [5, 5.41) is 23.4. The predicted octanol–water partition coefficient (Wildman–Crippen LogP) is 1.97. The van der Waals surface area contributed by atoms with E-state index in [1.807, 2.05) is 0 Å². The van der Waals surface area contributed by atoms with Gasteiger partial charge in [-0.15, -0.1) is 0 Å². The summed E-state index contributed by atoms with van der Waals surface area (Å²) in [6.07, 6.45) is -0.753. The van der Waals surface area contributed by atoms with Gasteiger partial charge < -0.3 is 15.2 Å². The number of likely N-dealkylation sites (N-methyl/N-ethyl adjacent to an activating group) is 1. The van der Waals surface area contributed by atoms with Crippen LogP contribution in [0, 0.1) is 10.1 Å². The minimum Gasteiger partial charge on any atom is -0.483 e. The molecule has 0 spiro atoms. The van der Waals surface area contributed by atoms with Gasteiger partial charge in [0.2, 0.25) is 5.75 Å². The zero-order chi connectivity index (χ0) is 13.7. The van der Waals surface area contributed by atoms with E-state index < -0.39 is 11.0 Å². The molecule has 1 aromatic carbocycles. The lowest BCUT2D eigenvalue weighted by atomic mass is 10.3. The van der Waals surface area contributed by atoms with E-state index in [1.165, 1.54) is 12.1 Å². The molecule has 0 radical (unpaired) electrons. The van der Waals surface area contributed by atoms with Gasteiger partial charge in [0.05, 0.1) is 9.40 Å². The van der Waals surface area contributed by atoms with Crippen molar-refractivity contribution in [3.63, 3.8) is 0 Å². The molecule has 8 heteroatoms. The second-order valence-electron chi connectivity index (χ2n) is 3.52. The average molecular weight is 340 g/mol. The first-order valence-corrected chi connectivity index (χ1v) is 6.21.